The topological polar surface area (TPSA) is 60.4 Å². The van der Waals surface area contributed by atoms with E-state index < -0.39 is 4.92 Å². The van der Waals surface area contributed by atoms with E-state index in [-0.39, 0.29) is 5.69 Å². The highest BCUT2D eigenvalue weighted by Gasteiger charge is 2.09. The van der Waals surface area contributed by atoms with Crippen LogP contribution in [0.25, 0.3) is 21.8 Å². The van der Waals surface area contributed by atoms with Crippen molar-refractivity contribution in [1.29, 1.82) is 0 Å². The fourth-order valence-electron chi connectivity index (χ4n) is 3.29. The Morgan fingerprint density at radius 1 is 1.00 bits per heavy atom. The first-order valence-electron chi connectivity index (χ1n) is 8.47. The van der Waals surface area contributed by atoms with Gasteiger partial charge in [0.15, 0.2) is 0 Å². The second kappa shape index (κ2) is 6.44. The van der Waals surface area contributed by atoms with E-state index in [4.69, 9.17) is 0 Å². The molecule has 0 fully saturated rings. The molecule has 26 heavy (non-hydrogen) atoms. The maximum atomic E-state index is 10.7. The molecule has 0 N–H and O–H groups in total. The molecule has 0 spiro atoms. The largest absolute Gasteiger partial charge is 0.341 e. The monoisotopic (exact) mass is 343 g/mol. The fraction of sp³-hybridized carbons (Fsp3) is 0.0952. The summed E-state index contributed by atoms with van der Waals surface area (Å²) in [6.45, 7) is 3.06. The lowest BCUT2D eigenvalue weighted by Gasteiger charge is -2.02. The zero-order valence-corrected chi connectivity index (χ0v) is 14.3. The van der Waals surface area contributed by atoms with E-state index in [9.17, 15) is 10.1 Å². The van der Waals surface area contributed by atoms with Crippen molar-refractivity contribution in [2.45, 2.75) is 13.5 Å². The molecule has 5 heteroatoms. The van der Waals surface area contributed by atoms with Gasteiger partial charge in [0.2, 0.25) is 0 Å². The Balaban J connectivity index is 1.73. The number of aromatic nitrogens is 1. The summed E-state index contributed by atoms with van der Waals surface area (Å²) in [5.41, 5.74) is 4.18. The van der Waals surface area contributed by atoms with Crippen LogP contribution in [0.3, 0.4) is 0 Å². The maximum absolute atomic E-state index is 10.7. The average Bonchev–Trinajstić information content (AvgIpc) is 2.99. The molecular formula is C21H17N3O2. The van der Waals surface area contributed by atoms with E-state index in [1.807, 2.05) is 6.07 Å². The average molecular weight is 343 g/mol. The number of nitro benzene ring substituents is 1. The van der Waals surface area contributed by atoms with E-state index >= 15 is 0 Å². The molecule has 0 bridgehead atoms. The molecule has 0 saturated heterocycles. The summed E-state index contributed by atoms with van der Waals surface area (Å²) in [5, 5.41) is 13.1. The van der Waals surface area contributed by atoms with Crippen LogP contribution in [-0.4, -0.2) is 15.7 Å². The van der Waals surface area contributed by atoms with Crippen LogP contribution in [0.2, 0.25) is 0 Å². The van der Waals surface area contributed by atoms with E-state index in [0.717, 1.165) is 17.8 Å². The highest BCUT2D eigenvalue weighted by molar-refractivity contribution is 6.09. The molecule has 4 rings (SSSR count). The lowest BCUT2D eigenvalue weighted by molar-refractivity contribution is -0.384. The summed E-state index contributed by atoms with van der Waals surface area (Å²) >= 11 is 0. The molecule has 0 amide bonds. The summed E-state index contributed by atoms with van der Waals surface area (Å²) in [7, 11) is 0. The van der Waals surface area contributed by atoms with Crippen LogP contribution < -0.4 is 0 Å². The molecule has 0 aliphatic rings. The van der Waals surface area contributed by atoms with Crippen LogP contribution in [-0.2, 0) is 6.54 Å². The Hall–Kier alpha value is -3.47. The number of hydrogen-bond acceptors (Lipinski definition) is 3. The van der Waals surface area contributed by atoms with Crippen molar-refractivity contribution in [2.24, 2.45) is 4.99 Å². The molecule has 3 aromatic carbocycles. The second-order valence-corrected chi connectivity index (χ2v) is 6.07. The lowest BCUT2D eigenvalue weighted by atomic mass is 10.1. The Labute approximate surface area is 150 Å². The third kappa shape index (κ3) is 2.73. The van der Waals surface area contributed by atoms with Crippen molar-refractivity contribution in [3.05, 3.63) is 82.4 Å². The first-order valence-corrected chi connectivity index (χ1v) is 8.47. The van der Waals surface area contributed by atoms with Gasteiger partial charge < -0.3 is 4.57 Å². The number of non-ortho nitro benzene ring substituents is 1. The molecule has 0 unspecified atom stereocenters. The first kappa shape index (κ1) is 16.0. The molecule has 4 aromatic rings. The standard InChI is InChI=1S/C21H17N3O2/c1-2-23-20-6-4-3-5-18(20)19-13-16(9-12-21(19)23)22-14-15-7-10-17(11-8-15)24(25)26/h3-14H,2H2,1H3. The molecule has 0 atom stereocenters. The van der Waals surface area contributed by atoms with Crippen molar-refractivity contribution in [3.63, 3.8) is 0 Å². The third-order valence-corrected chi connectivity index (χ3v) is 4.54. The zero-order chi connectivity index (χ0) is 18.1. The van der Waals surface area contributed by atoms with Crippen LogP contribution in [0, 0.1) is 10.1 Å². The van der Waals surface area contributed by atoms with Crippen LogP contribution in [0.4, 0.5) is 11.4 Å². The third-order valence-electron chi connectivity index (χ3n) is 4.54. The minimum Gasteiger partial charge on any atom is -0.341 e. The van der Waals surface area contributed by atoms with Crippen LogP contribution in [0.15, 0.2) is 71.7 Å². The molecule has 5 nitrogen and oxygen atoms in total. The van der Waals surface area contributed by atoms with Gasteiger partial charge in [0.1, 0.15) is 0 Å². The van der Waals surface area contributed by atoms with Gasteiger partial charge in [0.05, 0.1) is 10.6 Å². The predicted molar refractivity (Wildman–Crippen MR) is 105 cm³/mol. The minimum absolute atomic E-state index is 0.0796. The minimum atomic E-state index is -0.404. The highest BCUT2D eigenvalue weighted by atomic mass is 16.6. The Morgan fingerprint density at radius 3 is 2.46 bits per heavy atom. The highest BCUT2D eigenvalue weighted by Crippen LogP contribution is 2.31. The molecule has 1 heterocycles. The summed E-state index contributed by atoms with van der Waals surface area (Å²) < 4.78 is 2.30. The summed E-state index contributed by atoms with van der Waals surface area (Å²) in [6, 6.07) is 20.9. The molecule has 0 aliphatic heterocycles. The number of para-hydroxylation sites is 1. The van der Waals surface area contributed by atoms with Gasteiger partial charge in [0.25, 0.3) is 5.69 Å². The van der Waals surface area contributed by atoms with E-state index in [2.05, 4.69) is 52.9 Å². The summed E-state index contributed by atoms with van der Waals surface area (Å²) in [6.07, 6.45) is 1.73. The Morgan fingerprint density at radius 2 is 1.73 bits per heavy atom. The summed E-state index contributed by atoms with van der Waals surface area (Å²) in [5.74, 6) is 0. The van der Waals surface area contributed by atoms with Crippen molar-refractivity contribution in [2.75, 3.05) is 0 Å². The van der Waals surface area contributed by atoms with E-state index in [1.165, 1.54) is 33.9 Å². The van der Waals surface area contributed by atoms with Crippen molar-refractivity contribution < 1.29 is 4.92 Å². The predicted octanol–water partition coefficient (Wildman–Crippen LogP) is 5.47. The number of hydrogen-bond donors (Lipinski definition) is 0. The van der Waals surface area contributed by atoms with Crippen molar-refractivity contribution in [3.8, 4) is 0 Å². The van der Waals surface area contributed by atoms with Gasteiger partial charge in [-0.25, -0.2) is 0 Å². The molecule has 128 valence electrons. The van der Waals surface area contributed by atoms with Crippen LogP contribution in [0.5, 0.6) is 0 Å². The number of aryl methyl sites for hydroxylation is 1. The zero-order valence-electron chi connectivity index (χ0n) is 14.3. The molecule has 0 radical (unpaired) electrons. The molecule has 0 saturated carbocycles. The number of nitrogens with zero attached hydrogens (tertiary/aromatic N) is 3. The number of nitro groups is 1. The Kier molecular flexibility index (Phi) is 3.97. The first-order chi connectivity index (χ1) is 12.7. The van der Waals surface area contributed by atoms with Gasteiger partial charge in [0, 0.05) is 46.7 Å². The number of rotatable bonds is 4. The summed E-state index contributed by atoms with van der Waals surface area (Å²) in [4.78, 5) is 14.9. The van der Waals surface area contributed by atoms with Gasteiger partial charge in [-0.05, 0) is 48.9 Å². The molecule has 1 aromatic heterocycles. The Bertz CT molecular complexity index is 1140. The van der Waals surface area contributed by atoms with Crippen LogP contribution in [0.1, 0.15) is 12.5 Å². The van der Waals surface area contributed by atoms with E-state index in [0.29, 0.717) is 0 Å². The van der Waals surface area contributed by atoms with Gasteiger partial charge >= 0.3 is 0 Å². The quantitative estimate of drug-likeness (QED) is 0.280. The fourth-order valence-corrected chi connectivity index (χ4v) is 3.29. The van der Waals surface area contributed by atoms with Crippen molar-refractivity contribution >= 4 is 39.4 Å². The second-order valence-electron chi connectivity index (χ2n) is 6.07. The smallest absolute Gasteiger partial charge is 0.269 e. The maximum Gasteiger partial charge on any atom is 0.269 e. The van der Waals surface area contributed by atoms with Gasteiger partial charge in [-0.15, -0.1) is 0 Å². The van der Waals surface area contributed by atoms with E-state index in [1.54, 1.807) is 18.3 Å². The number of fused-ring (bicyclic) bond motifs is 3. The van der Waals surface area contributed by atoms with Crippen LogP contribution >= 0.6 is 0 Å². The molecular weight excluding hydrogens is 326 g/mol. The lowest BCUT2D eigenvalue weighted by Crippen LogP contribution is -1.92. The van der Waals surface area contributed by atoms with Crippen molar-refractivity contribution in [1.82, 2.24) is 4.57 Å². The normalized spacial score (nSPS) is 11.6. The molecule has 0 aliphatic carbocycles. The number of aliphatic imine (C=N–C) groups is 1. The SMILES string of the molecule is CCn1c2ccccc2c2cc(N=Cc3ccc([N+](=O)[O-])cc3)ccc21. The van der Waals surface area contributed by atoms with Gasteiger partial charge in [-0.3, -0.25) is 15.1 Å². The van der Waals surface area contributed by atoms with Gasteiger partial charge in [-0.2, -0.15) is 0 Å². The van der Waals surface area contributed by atoms with Gasteiger partial charge in [-0.1, -0.05) is 18.2 Å². The number of benzene rings is 3.